The number of likely N-dealkylation sites (tertiary alicyclic amines) is 1. The molecule has 1 saturated heterocycles. The number of likely N-dealkylation sites (N-methyl/N-ethyl adjacent to an activating group) is 1. The van der Waals surface area contributed by atoms with Gasteiger partial charge in [-0.15, -0.1) is 0 Å². The second-order valence-electron chi connectivity index (χ2n) is 8.94. The zero-order valence-electron chi connectivity index (χ0n) is 19.0. The van der Waals surface area contributed by atoms with E-state index in [1.54, 1.807) is 7.11 Å². The lowest BCUT2D eigenvalue weighted by Gasteiger charge is -2.31. The average Bonchev–Trinajstić information content (AvgIpc) is 3.17. The third kappa shape index (κ3) is 3.87. The fraction of sp³-hybridized carbons (Fsp3) is 0.440. The summed E-state index contributed by atoms with van der Waals surface area (Å²) >= 11 is 0. The van der Waals surface area contributed by atoms with E-state index in [0.29, 0.717) is 25.0 Å². The van der Waals surface area contributed by atoms with Gasteiger partial charge >= 0.3 is 6.01 Å². The first-order chi connectivity index (χ1) is 15.5. The summed E-state index contributed by atoms with van der Waals surface area (Å²) in [5.74, 6) is 0.535. The van der Waals surface area contributed by atoms with Gasteiger partial charge in [-0.05, 0) is 43.8 Å². The maximum atomic E-state index is 6.32. The van der Waals surface area contributed by atoms with Gasteiger partial charge in [0.05, 0.1) is 18.3 Å². The van der Waals surface area contributed by atoms with E-state index < -0.39 is 0 Å². The molecule has 2 aromatic carbocycles. The topological polar surface area (TPSA) is 76.7 Å². The molecule has 0 aliphatic carbocycles. The maximum Gasteiger partial charge on any atom is 0.318 e. The Morgan fingerprint density at radius 1 is 1.16 bits per heavy atom. The predicted octanol–water partition coefficient (Wildman–Crippen LogP) is 3.18. The van der Waals surface area contributed by atoms with Crippen LogP contribution < -0.4 is 15.4 Å². The van der Waals surface area contributed by atoms with E-state index in [4.69, 9.17) is 20.2 Å². The predicted molar refractivity (Wildman–Crippen MR) is 127 cm³/mol. The highest BCUT2D eigenvalue weighted by molar-refractivity contribution is 5.97. The van der Waals surface area contributed by atoms with Crippen molar-refractivity contribution in [2.24, 2.45) is 0 Å². The molecule has 0 unspecified atom stereocenters. The molecule has 0 bridgehead atoms. The minimum Gasteiger partial charge on any atom is -0.462 e. The molecular weight excluding hydrogens is 402 g/mol. The molecule has 1 aromatic heterocycles. The number of rotatable bonds is 5. The third-order valence-electron chi connectivity index (χ3n) is 6.90. The average molecular weight is 434 g/mol. The van der Waals surface area contributed by atoms with Gasteiger partial charge < -0.3 is 20.1 Å². The number of aryl methyl sites for hydroxylation is 1. The lowest BCUT2D eigenvalue weighted by molar-refractivity contribution is 0.111. The van der Waals surface area contributed by atoms with Crippen molar-refractivity contribution >= 4 is 22.3 Å². The van der Waals surface area contributed by atoms with Crippen molar-refractivity contribution in [3.05, 3.63) is 53.2 Å². The Morgan fingerprint density at radius 3 is 2.75 bits per heavy atom. The van der Waals surface area contributed by atoms with Crippen molar-refractivity contribution in [1.29, 1.82) is 0 Å². The van der Waals surface area contributed by atoms with Gasteiger partial charge in [-0.3, -0.25) is 4.90 Å². The Kier molecular flexibility index (Phi) is 5.61. The van der Waals surface area contributed by atoms with Gasteiger partial charge in [0.1, 0.15) is 12.4 Å². The van der Waals surface area contributed by atoms with Gasteiger partial charge in [0.25, 0.3) is 0 Å². The molecule has 7 nitrogen and oxygen atoms in total. The van der Waals surface area contributed by atoms with E-state index in [2.05, 4.69) is 65.2 Å². The van der Waals surface area contributed by atoms with Crippen molar-refractivity contribution in [2.45, 2.75) is 38.5 Å². The molecule has 2 N–H and O–H groups in total. The standard InChI is InChI=1S/C25H31N5O2/c1-16-6-4-7-17-8-5-9-22(23(16)17)30-11-10-20-21(14-30)27-25(28-24(20)26)32-15-18-12-19(31-3)13-29(18)2/h4-9,18-19H,10-15H2,1-3H3,(H2,26,27,28)/t18-,19-/m1/s1. The molecule has 32 heavy (non-hydrogen) atoms. The zero-order chi connectivity index (χ0) is 22.2. The number of anilines is 2. The summed E-state index contributed by atoms with van der Waals surface area (Å²) in [5, 5.41) is 2.56. The molecule has 2 atom stereocenters. The van der Waals surface area contributed by atoms with Crippen LogP contribution in [0, 0.1) is 6.92 Å². The van der Waals surface area contributed by atoms with Crippen LogP contribution in [0.3, 0.4) is 0 Å². The molecule has 168 valence electrons. The van der Waals surface area contributed by atoms with E-state index >= 15 is 0 Å². The minimum absolute atomic E-state index is 0.251. The molecule has 7 heteroatoms. The smallest absolute Gasteiger partial charge is 0.318 e. The summed E-state index contributed by atoms with van der Waals surface area (Å²) < 4.78 is 11.5. The number of nitrogens with zero attached hydrogens (tertiary/aromatic N) is 4. The molecule has 1 fully saturated rings. The number of nitrogens with two attached hydrogens (primary N) is 1. The van der Waals surface area contributed by atoms with Gasteiger partial charge in [-0.25, -0.2) is 0 Å². The summed E-state index contributed by atoms with van der Waals surface area (Å²) in [7, 11) is 3.86. The van der Waals surface area contributed by atoms with Crippen molar-refractivity contribution in [3.8, 4) is 6.01 Å². The normalized spacial score (nSPS) is 21.2. The molecule has 0 saturated carbocycles. The van der Waals surface area contributed by atoms with Gasteiger partial charge in [-0.1, -0.05) is 30.3 Å². The quantitative estimate of drug-likeness (QED) is 0.662. The Labute approximate surface area is 189 Å². The molecular formula is C25H31N5O2. The molecule has 0 amide bonds. The van der Waals surface area contributed by atoms with Gasteiger partial charge in [0, 0.05) is 42.9 Å². The Hall–Kier alpha value is -2.90. The first-order valence-electron chi connectivity index (χ1n) is 11.3. The molecule has 2 aliphatic heterocycles. The molecule has 5 rings (SSSR count). The largest absolute Gasteiger partial charge is 0.462 e. The fourth-order valence-electron chi connectivity index (χ4n) is 5.04. The second-order valence-corrected chi connectivity index (χ2v) is 8.94. The number of hydrogen-bond donors (Lipinski definition) is 1. The van der Waals surface area contributed by atoms with E-state index in [9.17, 15) is 0 Å². The maximum absolute atomic E-state index is 6.32. The number of benzene rings is 2. The number of aromatic nitrogens is 2. The first-order valence-corrected chi connectivity index (χ1v) is 11.3. The summed E-state index contributed by atoms with van der Waals surface area (Å²) in [6.07, 6.45) is 2.02. The lowest BCUT2D eigenvalue weighted by atomic mass is 10.00. The van der Waals surface area contributed by atoms with Crippen LogP contribution in [0.4, 0.5) is 11.5 Å². The molecule has 3 aromatic rings. The first kappa shape index (κ1) is 21.0. The zero-order valence-corrected chi connectivity index (χ0v) is 19.0. The van der Waals surface area contributed by atoms with E-state index in [-0.39, 0.29) is 12.1 Å². The van der Waals surface area contributed by atoms with E-state index in [0.717, 1.165) is 37.2 Å². The van der Waals surface area contributed by atoms with Gasteiger partial charge in [-0.2, -0.15) is 9.97 Å². The van der Waals surface area contributed by atoms with Crippen LogP contribution in [-0.4, -0.2) is 60.9 Å². The highest BCUT2D eigenvalue weighted by atomic mass is 16.5. The van der Waals surface area contributed by atoms with Crippen molar-refractivity contribution in [2.75, 3.05) is 44.5 Å². The summed E-state index contributed by atoms with van der Waals surface area (Å²) in [6, 6.07) is 13.6. The van der Waals surface area contributed by atoms with E-state index in [1.807, 2.05) is 0 Å². The number of methoxy groups -OCH3 is 1. The van der Waals surface area contributed by atoms with Crippen LogP contribution in [0.5, 0.6) is 6.01 Å². The van der Waals surface area contributed by atoms with Crippen LogP contribution in [0.2, 0.25) is 0 Å². The number of fused-ring (bicyclic) bond motifs is 2. The van der Waals surface area contributed by atoms with Crippen LogP contribution in [0.15, 0.2) is 36.4 Å². The van der Waals surface area contributed by atoms with Crippen LogP contribution in [-0.2, 0) is 17.7 Å². The summed E-state index contributed by atoms with van der Waals surface area (Å²) in [6.45, 7) is 5.20. The number of ether oxygens (including phenoxy) is 2. The number of nitrogen functional groups attached to an aromatic ring is 1. The highest BCUT2D eigenvalue weighted by Gasteiger charge is 2.30. The van der Waals surface area contributed by atoms with Crippen molar-refractivity contribution in [3.63, 3.8) is 0 Å². The lowest BCUT2D eigenvalue weighted by Crippen LogP contribution is -2.33. The molecule has 3 heterocycles. The number of hydrogen-bond acceptors (Lipinski definition) is 7. The Balaban J connectivity index is 1.37. The second kappa shape index (κ2) is 8.56. The SMILES string of the molecule is CO[C@@H]1C[C@H](COc2nc(N)c3c(n2)CN(c2cccc4cccc(C)c24)CC3)N(C)C1. The van der Waals surface area contributed by atoms with Gasteiger partial charge in [0.15, 0.2) is 0 Å². The highest BCUT2D eigenvalue weighted by Crippen LogP contribution is 2.34. The van der Waals surface area contributed by atoms with Crippen molar-refractivity contribution < 1.29 is 9.47 Å². The summed E-state index contributed by atoms with van der Waals surface area (Å²) in [4.78, 5) is 13.9. The summed E-state index contributed by atoms with van der Waals surface area (Å²) in [5.41, 5.74) is 10.8. The van der Waals surface area contributed by atoms with Crippen LogP contribution in [0.1, 0.15) is 23.2 Å². The van der Waals surface area contributed by atoms with Crippen LogP contribution in [0.25, 0.3) is 10.8 Å². The molecule has 2 aliphatic rings. The Bertz CT molecular complexity index is 1130. The minimum atomic E-state index is 0.251. The third-order valence-corrected chi connectivity index (χ3v) is 6.90. The molecule has 0 spiro atoms. The van der Waals surface area contributed by atoms with Crippen molar-refractivity contribution in [1.82, 2.24) is 14.9 Å². The molecule has 0 radical (unpaired) electrons. The Morgan fingerprint density at radius 2 is 1.97 bits per heavy atom. The monoisotopic (exact) mass is 433 g/mol. The van der Waals surface area contributed by atoms with E-state index in [1.165, 1.54) is 22.0 Å². The fourth-order valence-corrected chi connectivity index (χ4v) is 5.04. The van der Waals surface area contributed by atoms with Crippen LogP contribution >= 0.6 is 0 Å². The van der Waals surface area contributed by atoms with Gasteiger partial charge in [0.2, 0.25) is 0 Å².